The minimum absolute atomic E-state index is 0.0200. The summed E-state index contributed by atoms with van der Waals surface area (Å²) in [5, 5.41) is -0.213. The van der Waals surface area contributed by atoms with Gasteiger partial charge in [0, 0.05) is 24.9 Å². The molecular formula is C11H13Cl2F3N2O2. The van der Waals surface area contributed by atoms with Gasteiger partial charge in [-0.1, -0.05) is 11.6 Å². The number of halogens is 5. The Morgan fingerprint density at radius 2 is 2.05 bits per heavy atom. The van der Waals surface area contributed by atoms with E-state index >= 15 is 0 Å². The summed E-state index contributed by atoms with van der Waals surface area (Å²) in [7, 11) is 1.34. The highest BCUT2D eigenvalue weighted by Crippen LogP contribution is 2.44. The predicted octanol–water partition coefficient (Wildman–Crippen LogP) is 3.20. The zero-order valence-corrected chi connectivity index (χ0v) is 12.5. The minimum Gasteiger partial charge on any atom is -0.352 e. The summed E-state index contributed by atoms with van der Waals surface area (Å²) in [6.07, 6.45) is -4.52. The van der Waals surface area contributed by atoms with E-state index in [-0.39, 0.29) is 24.2 Å². The Balaban J connectivity index is 3.42. The Morgan fingerprint density at radius 1 is 1.50 bits per heavy atom. The Bertz CT molecular complexity index is 505. The summed E-state index contributed by atoms with van der Waals surface area (Å²) >= 11 is 11.9. The van der Waals surface area contributed by atoms with Crippen LogP contribution in [0.5, 0.6) is 0 Å². The van der Waals surface area contributed by atoms with Gasteiger partial charge in [-0.3, -0.25) is 9.48 Å². The molecule has 0 saturated carbocycles. The second kappa shape index (κ2) is 5.91. The monoisotopic (exact) mass is 332 g/mol. The highest BCUT2D eigenvalue weighted by molar-refractivity contribution is 6.37. The van der Waals surface area contributed by atoms with Crippen molar-refractivity contribution in [2.45, 2.75) is 30.5 Å². The van der Waals surface area contributed by atoms with E-state index in [0.29, 0.717) is 0 Å². The minimum atomic E-state index is -4.71. The lowest BCUT2D eigenvalue weighted by Gasteiger charge is -2.26. The summed E-state index contributed by atoms with van der Waals surface area (Å²) in [5.41, 5.74) is -1.38. The van der Waals surface area contributed by atoms with E-state index in [0.717, 1.165) is 4.68 Å². The quantitative estimate of drug-likeness (QED) is 0.614. The molecule has 0 aliphatic carbocycles. The van der Waals surface area contributed by atoms with E-state index in [2.05, 4.69) is 5.10 Å². The first-order valence-corrected chi connectivity index (χ1v) is 6.43. The first kappa shape index (κ1) is 17.3. The van der Waals surface area contributed by atoms with Crippen molar-refractivity contribution in [2.75, 3.05) is 6.61 Å². The number of ether oxygens (including phenoxy) is 1. The normalized spacial score (nSPS) is 16.8. The molecule has 2 atom stereocenters. The molecule has 0 aliphatic rings. The summed E-state index contributed by atoms with van der Waals surface area (Å²) in [5.74, 6) is 0. The maximum Gasteiger partial charge on any atom is 0.435 e. The van der Waals surface area contributed by atoms with Crippen molar-refractivity contribution in [3.8, 4) is 0 Å². The Morgan fingerprint density at radius 3 is 2.45 bits per heavy atom. The van der Waals surface area contributed by atoms with E-state index < -0.39 is 22.3 Å². The van der Waals surface area contributed by atoms with Gasteiger partial charge in [0.2, 0.25) is 5.06 Å². The van der Waals surface area contributed by atoms with Gasteiger partial charge in [0.1, 0.15) is 5.38 Å². The van der Waals surface area contributed by atoms with Crippen LogP contribution in [0.4, 0.5) is 13.2 Å². The van der Waals surface area contributed by atoms with Gasteiger partial charge in [0.15, 0.2) is 12.0 Å². The van der Waals surface area contributed by atoms with Gasteiger partial charge < -0.3 is 4.74 Å². The van der Waals surface area contributed by atoms with Crippen LogP contribution in [-0.4, -0.2) is 27.7 Å². The van der Waals surface area contributed by atoms with E-state index in [1.165, 1.54) is 14.0 Å². The van der Waals surface area contributed by atoms with E-state index in [4.69, 9.17) is 27.9 Å². The molecule has 20 heavy (non-hydrogen) atoms. The number of alkyl halides is 5. The topological polar surface area (TPSA) is 44.1 Å². The molecule has 0 spiro atoms. The fraction of sp³-hybridized carbons (Fsp3) is 0.636. The molecule has 0 saturated heterocycles. The molecule has 0 aliphatic heterocycles. The van der Waals surface area contributed by atoms with Crippen LogP contribution in [0.1, 0.15) is 29.3 Å². The molecule has 9 heteroatoms. The van der Waals surface area contributed by atoms with Crippen LogP contribution in [0.2, 0.25) is 0 Å². The van der Waals surface area contributed by atoms with Gasteiger partial charge in [-0.15, -0.1) is 11.6 Å². The lowest BCUT2D eigenvalue weighted by molar-refractivity contribution is -0.142. The highest BCUT2D eigenvalue weighted by Gasteiger charge is 2.46. The second-order valence-corrected chi connectivity index (χ2v) is 5.11. The molecule has 1 aromatic rings. The number of carbonyl (C=O) groups is 1. The number of hydrogen-bond acceptors (Lipinski definition) is 3. The van der Waals surface area contributed by atoms with Crippen molar-refractivity contribution < 1.29 is 22.7 Å². The predicted molar refractivity (Wildman–Crippen MR) is 67.8 cm³/mol. The van der Waals surface area contributed by atoms with Gasteiger partial charge >= 0.3 is 6.18 Å². The van der Waals surface area contributed by atoms with Crippen LogP contribution in [-0.2, 0) is 22.8 Å². The standard InChI is InChI=1S/C11H13Cl2F3N2O2/c1-4-20-10(13,5-19)8(12)7-6(2)18(3)17-9(7)11(14,15)16/h5,8H,4H2,1-3H3. The third-order valence-electron chi connectivity index (χ3n) is 2.77. The molecule has 0 radical (unpaired) electrons. The van der Waals surface area contributed by atoms with Crippen molar-refractivity contribution >= 4 is 29.5 Å². The van der Waals surface area contributed by atoms with Crippen LogP contribution in [0, 0.1) is 6.92 Å². The maximum absolute atomic E-state index is 13.0. The average Bonchev–Trinajstić information content (AvgIpc) is 2.65. The molecule has 0 amide bonds. The number of nitrogens with zero attached hydrogens (tertiary/aromatic N) is 2. The first-order valence-electron chi connectivity index (χ1n) is 5.62. The van der Waals surface area contributed by atoms with Crippen molar-refractivity contribution in [3.05, 3.63) is 17.0 Å². The Kier molecular flexibility index (Phi) is 5.10. The number of hydrogen-bond donors (Lipinski definition) is 0. The van der Waals surface area contributed by atoms with Crippen LogP contribution < -0.4 is 0 Å². The molecule has 0 aromatic carbocycles. The average molecular weight is 333 g/mol. The Hall–Kier alpha value is -0.790. The number of aromatic nitrogens is 2. The van der Waals surface area contributed by atoms with E-state index in [9.17, 15) is 18.0 Å². The lowest BCUT2D eigenvalue weighted by Crippen LogP contribution is -2.34. The summed E-state index contributed by atoms with van der Waals surface area (Å²) < 4.78 is 44.9. The molecule has 2 unspecified atom stereocenters. The molecule has 1 rings (SSSR count). The lowest BCUT2D eigenvalue weighted by atomic mass is 10.0. The number of aryl methyl sites for hydroxylation is 1. The molecule has 0 N–H and O–H groups in total. The van der Waals surface area contributed by atoms with Gasteiger partial charge in [-0.25, -0.2) is 0 Å². The zero-order valence-electron chi connectivity index (χ0n) is 11.0. The van der Waals surface area contributed by atoms with Gasteiger partial charge in [0.25, 0.3) is 0 Å². The van der Waals surface area contributed by atoms with Crippen LogP contribution >= 0.6 is 23.2 Å². The molecule has 114 valence electrons. The molecular weight excluding hydrogens is 320 g/mol. The smallest absolute Gasteiger partial charge is 0.352 e. The number of aldehydes is 1. The van der Waals surface area contributed by atoms with E-state index in [1.807, 2.05) is 0 Å². The van der Waals surface area contributed by atoms with Crippen LogP contribution in [0.3, 0.4) is 0 Å². The highest BCUT2D eigenvalue weighted by atomic mass is 35.5. The summed E-state index contributed by atoms with van der Waals surface area (Å²) in [6, 6.07) is 0. The fourth-order valence-corrected chi connectivity index (χ4v) is 2.32. The third kappa shape index (κ3) is 3.10. The number of rotatable bonds is 5. The van der Waals surface area contributed by atoms with Crippen molar-refractivity contribution in [3.63, 3.8) is 0 Å². The first-order chi connectivity index (χ1) is 9.08. The molecule has 1 aromatic heterocycles. The van der Waals surface area contributed by atoms with Gasteiger partial charge in [-0.2, -0.15) is 18.3 Å². The van der Waals surface area contributed by atoms with Crippen LogP contribution in [0.25, 0.3) is 0 Å². The maximum atomic E-state index is 13.0. The number of carbonyl (C=O) groups excluding carboxylic acids is 1. The fourth-order valence-electron chi connectivity index (χ4n) is 1.72. The van der Waals surface area contributed by atoms with Gasteiger partial charge in [0.05, 0.1) is 0 Å². The molecule has 0 bridgehead atoms. The summed E-state index contributed by atoms with van der Waals surface area (Å²) in [4.78, 5) is 11.1. The molecule has 1 heterocycles. The van der Waals surface area contributed by atoms with Crippen molar-refractivity contribution in [1.82, 2.24) is 9.78 Å². The molecule has 4 nitrogen and oxygen atoms in total. The molecule has 0 fully saturated rings. The summed E-state index contributed by atoms with van der Waals surface area (Å²) in [6.45, 7) is 2.97. The third-order valence-corrected chi connectivity index (χ3v) is 3.84. The SMILES string of the molecule is CCOC(Cl)(C=O)C(Cl)c1c(C(F)(F)F)nn(C)c1C. The van der Waals surface area contributed by atoms with Crippen LogP contribution in [0.15, 0.2) is 0 Å². The van der Waals surface area contributed by atoms with Crippen molar-refractivity contribution in [2.24, 2.45) is 7.05 Å². The van der Waals surface area contributed by atoms with E-state index in [1.54, 1.807) is 6.92 Å². The largest absolute Gasteiger partial charge is 0.435 e. The second-order valence-electron chi connectivity index (χ2n) is 4.08. The Labute approximate surface area is 123 Å². The van der Waals surface area contributed by atoms with Gasteiger partial charge in [-0.05, 0) is 13.8 Å². The zero-order chi connectivity index (χ0) is 15.7. The van der Waals surface area contributed by atoms with Crippen molar-refractivity contribution in [1.29, 1.82) is 0 Å².